The molecule has 0 N–H and O–H groups in total. The number of rotatable bonds is 5. The number of carbonyl (C=O) groups is 1. The number of aryl methyl sites for hydroxylation is 2. The number of hydrogen-bond acceptors (Lipinski definition) is 5. The molecule has 1 saturated heterocycles. The number of likely N-dealkylation sites (tertiary alicyclic amines) is 1. The van der Waals surface area contributed by atoms with Crippen LogP contribution in [0, 0.1) is 13.8 Å². The molecular weight excluding hydrogens is 308 g/mol. The Hall–Kier alpha value is -1.14. The van der Waals surface area contributed by atoms with Gasteiger partial charge in [0.05, 0.1) is 0 Å². The molecule has 128 valence electrons. The molecule has 1 fully saturated rings. The zero-order valence-corrected chi connectivity index (χ0v) is 15.7. The lowest BCUT2D eigenvalue weighted by molar-refractivity contribution is -0.132. The largest absolute Gasteiger partial charge is 0.343 e. The van der Waals surface area contributed by atoms with E-state index in [1.807, 2.05) is 25.0 Å². The van der Waals surface area contributed by atoms with Gasteiger partial charge in [0.1, 0.15) is 0 Å². The number of amides is 1. The van der Waals surface area contributed by atoms with Crippen molar-refractivity contribution in [3.05, 3.63) is 17.0 Å². The molecule has 1 aromatic heterocycles. The summed E-state index contributed by atoms with van der Waals surface area (Å²) in [6.07, 6.45) is 5.41. The molecule has 1 aliphatic heterocycles. The van der Waals surface area contributed by atoms with Gasteiger partial charge in [0, 0.05) is 36.9 Å². The highest BCUT2D eigenvalue weighted by Gasteiger charge is 2.23. The summed E-state index contributed by atoms with van der Waals surface area (Å²) in [7, 11) is 4.23. The van der Waals surface area contributed by atoms with Crippen molar-refractivity contribution in [1.82, 2.24) is 19.8 Å². The highest BCUT2D eigenvalue weighted by Crippen LogP contribution is 2.19. The van der Waals surface area contributed by atoms with E-state index in [2.05, 4.69) is 29.0 Å². The zero-order valence-electron chi connectivity index (χ0n) is 14.9. The highest BCUT2D eigenvalue weighted by atomic mass is 32.2. The van der Waals surface area contributed by atoms with Crippen LogP contribution in [0.1, 0.15) is 36.2 Å². The maximum atomic E-state index is 12.5. The standard InChI is InChI=1S/C17H28N4OS/c1-12-15(13(2)19-17(18-12)23-5)6-7-16(22)21-10-8-14(9-11-21)20(3)4/h14H,6-11H2,1-5H3. The van der Waals surface area contributed by atoms with Crippen LogP contribution < -0.4 is 0 Å². The third kappa shape index (κ3) is 4.67. The van der Waals surface area contributed by atoms with E-state index in [9.17, 15) is 4.79 Å². The lowest BCUT2D eigenvalue weighted by Crippen LogP contribution is -2.44. The molecule has 0 unspecified atom stereocenters. The fourth-order valence-electron chi connectivity index (χ4n) is 3.18. The summed E-state index contributed by atoms with van der Waals surface area (Å²) in [5.74, 6) is 0.259. The van der Waals surface area contributed by atoms with Gasteiger partial charge >= 0.3 is 0 Å². The monoisotopic (exact) mass is 336 g/mol. The predicted molar refractivity (Wildman–Crippen MR) is 94.9 cm³/mol. The first kappa shape index (κ1) is 18.2. The number of hydrogen-bond donors (Lipinski definition) is 0. The normalized spacial score (nSPS) is 16.2. The van der Waals surface area contributed by atoms with E-state index in [4.69, 9.17) is 0 Å². The van der Waals surface area contributed by atoms with Crippen LogP contribution in [0.3, 0.4) is 0 Å². The summed E-state index contributed by atoms with van der Waals surface area (Å²) in [4.78, 5) is 25.7. The van der Waals surface area contributed by atoms with E-state index in [1.54, 1.807) is 11.8 Å². The van der Waals surface area contributed by atoms with Gasteiger partial charge in [0.15, 0.2) is 5.16 Å². The third-order valence-corrected chi connectivity index (χ3v) is 5.27. The van der Waals surface area contributed by atoms with Crippen molar-refractivity contribution in [3.8, 4) is 0 Å². The maximum absolute atomic E-state index is 12.5. The van der Waals surface area contributed by atoms with Crippen LogP contribution in [0.2, 0.25) is 0 Å². The van der Waals surface area contributed by atoms with E-state index >= 15 is 0 Å². The Morgan fingerprint density at radius 3 is 2.26 bits per heavy atom. The molecule has 2 heterocycles. The first-order chi connectivity index (χ1) is 10.9. The van der Waals surface area contributed by atoms with E-state index in [-0.39, 0.29) is 5.91 Å². The third-order valence-electron chi connectivity index (χ3n) is 4.72. The Balaban J connectivity index is 1.90. The summed E-state index contributed by atoms with van der Waals surface area (Å²) in [6, 6.07) is 0.607. The van der Waals surface area contributed by atoms with Gasteiger partial charge in [-0.25, -0.2) is 9.97 Å². The first-order valence-electron chi connectivity index (χ1n) is 8.24. The summed E-state index contributed by atoms with van der Waals surface area (Å²) in [6.45, 7) is 5.77. The Bertz CT molecular complexity index is 531. The van der Waals surface area contributed by atoms with Gasteiger partial charge in [-0.2, -0.15) is 0 Å². The quantitative estimate of drug-likeness (QED) is 0.610. The topological polar surface area (TPSA) is 49.3 Å². The summed E-state index contributed by atoms with van der Waals surface area (Å²) in [5, 5.41) is 0.806. The van der Waals surface area contributed by atoms with Crippen LogP contribution in [-0.4, -0.2) is 65.2 Å². The van der Waals surface area contributed by atoms with Gasteiger partial charge in [0.25, 0.3) is 0 Å². The van der Waals surface area contributed by atoms with E-state index in [1.165, 1.54) is 0 Å². The van der Waals surface area contributed by atoms with Gasteiger partial charge < -0.3 is 9.80 Å². The molecule has 0 atom stereocenters. The number of aromatic nitrogens is 2. The molecule has 0 saturated carbocycles. The van der Waals surface area contributed by atoms with Crippen molar-refractivity contribution < 1.29 is 4.79 Å². The number of carbonyl (C=O) groups excluding carboxylic acids is 1. The summed E-state index contributed by atoms with van der Waals surface area (Å²) < 4.78 is 0. The van der Waals surface area contributed by atoms with E-state index in [0.29, 0.717) is 12.5 Å². The lowest BCUT2D eigenvalue weighted by atomic mass is 10.0. The van der Waals surface area contributed by atoms with E-state index in [0.717, 1.165) is 54.5 Å². The molecule has 1 amide bonds. The van der Waals surface area contributed by atoms with Crippen LogP contribution in [0.5, 0.6) is 0 Å². The minimum atomic E-state index is 0.259. The molecule has 23 heavy (non-hydrogen) atoms. The molecule has 6 heteroatoms. The van der Waals surface area contributed by atoms with Crippen molar-refractivity contribution in [2.75, 3.05) is 33.4 Å². The fraction of sp³-hybridized carbons (Fsp3) is 0.706. The molecule has 0 spiro atoms. The number of piperidine rings is 1. The van der Waals surface area contributed by atoms with Crippen molar-refractivity contribution in [3.63, 3.8) is 0 Å². The van der Waals surface area contributed by atoms with Gasteiger partial charge in [-0.05, 0) is 59.0 Å². The van der Waals surface area contributed by atoms with Gasteiger partial charge in [-0.15, -0.1) is 0 Å². The molecule has 0 radical (unpaired) electrons. The lowest BCUT2D eigenvalue weighted by Gasteiger charge is -2.35. The van der Waals surface area contributed by atoms with Crippen LogP contribution >= 0.6 is 11.8 Å². The first-order valence-corrected chi connectivity index (χ1v) is 9.47. The maximum Gasteiger partial charge on any atom is 0.222 e. The minimum Gasteiger partial charge on any atom is -0.343 e. The Morgan fingerprint density at radius 2 is 1.78 bits per heavy atom. The van der Waals surface area contributed by atoms with Gasteiger partial charge in [-0.3, -0.25) is 4.79 Å². The fourth-order valence-corrected chi connectivity index (χ4v) is 3.64. The molecule has 5 nitrogen and oxygen atoms in total. The minimum absolute atomic E-state index is 0.259. The molecule has 1 aliphatic rings. The van der Waals surface area contributed by atoms with Crippen LogP contribution in [0.15, 0.2) is 5.16 Å². The molecule has 0 aromatic carbocycles. The average molecular weight is 337 g/mol. The van der Waals surface area contributed by atoms with Crippen LogP contribution in [-0.2, 0) is 11.2 Å². The molecule has 0 bridgehead atoms. The Morgan fingerprint density at radius 1 is 1.22 bits per heavy atom. The summed E-state index contributed by atoms with van der Waals surface area (Å²) >= 11 is 1.55. The Labute approximate surface area is 143 Å². The second-order valence-electron chi connectivity index (χ2n) is 6.44. The molecule has 2 rings (SSSR count). The Kier molecular flexibility index (Phi) is 6.41. The molecule has 0 aliphatic carbocycles. The van der Waals surface area contributed by atoms with Crippen molar-refractivity contribution in [2.24, 2.45) is 0 Å². The van der Waals surface area contributed by atoms with Crippen molar-refractivity contribution in [1.29, 1.82) is 0 Å². The van der Waals surface area contributed by atoms with Crippen LogP contribution in [0.4, 0.5) is 0 Å². The van der Waals surface area contributed by atoms with Crippen LogP contribution in [0.25, 0.3) is 0 Å². The average Bonchev–Trinajstić information content (AvgIpc) is 2.53. The van der Waals surface area contributed by atoms with Crippen molar-refractivity contribution >= 4 is 17.7 Å². The second-order valence-corrected chi connectivity index (χ2v) is 7.21. The van der Waals surface area contributed by atoms with E-state index < -0.39 is 0 Å². The van der Waals surface area contributed by atoms with Crippen molar-refractivity contribution in [2.45, 2.75) is 50.7 Å². The number of nitrogens with zero attached hydrogens (tertiary/aromatic N) is 4. The SMILES string of the molecule is CSc1nc(C)c(CCC(=O)N2CCC(N(C)C)CC2)c(C)n1. The predicted octanol–water partition coefficient (Wildman–Crippen LogP) is 2.30. The van der Waals surface area contributed by atoms with Gasteiger partial charge in [-0.1, -0.05) is 11.8 Å². The second kappa shape index (κ2) is 8.11. The molecular formula is C17H28N4OS. The molecule has 1 aromatic rings. The highest BCUT2D eigenvalue weighted by molar-refractivity contribution is 7.98. The number of thioether (sulfide) groups is 1. The summed E-state index contributed by atoms with van der Waals surface area (Å²) in [5.41, 5.74) is 3.13. The van der Waals surface area contributed by atoms with Gasteiger partial charge in [0.2, 0.25) is 5.91 Å². The zero-order chi connectivity index (χ0) is 17.0. The smallest absolute Gasteiger partial charge is 0.222 e.